The molecule has 0 radical (unpaired) electrons. The molecule has 2 atom stereocenters. The second-order valence-corrected chi connectivity index (χ2v) is 8.03. The van der Waals surface area contributed by atoms with Gasteiger partial charge >= 0.3 is 6.03 Å². The number of carbonyl (C=O) groups is 2. The second-order valence-electron chi connectivity index (χ2n) is 8.03. The zero-order valence-electron chi connectivity index (χ0n) is 17.7. The first-order valence-electron chi connectivity index (χ1n) is 10.2. The van der Waals surface area contributed by atoms with E-state index in [2.05, 4.69) is 0 Å². The predicted octanol–water partition coefficient (Wildman–Crippen LogP) is 2.80. The third-order valence-corrected chi connectivity index (χ3v) is 6.25. The van der Waals surface area contributed by atoms with Crippen molar-refractivity contribution in [3.05, 3.63) is 71.6 Å². The van der Waals surface area contributed by atoms with Crippen molar-refractivity contribution in [3.8, 4) is 0 Å². The van der Waals surface area contributed by atoms with E-state index in [0.29, 0.717) is 11.6 Å². The average Bonchev–Trinajstić information content (AvgIpc) is 3.27. The second kappa shape index (κ2) is 6.87. The summed E-state index contributed by atoms with van der Waals surface area (Å²) in [6, 6.07) is 16.2. The van der Waals surface area contributed by atoms with Gasteiger partial charge in [0.25, 0.3) is 5.91 Å². The lowest BCUT2D eigenvalue weighted by Crippen LogP contribution is -2.64. The normalized spacial score (nSPS) is 22.9. The Balaban J connectivity index is 1.54. The van der Waals surface area contributed by atoms with E-state index in [4.69, 9.17) is 10.7 Å². The van der Waals surface area contributed by atoms with Crippen LogP contribution >= 0.6 is 0 Å². The molecule has 5 rings (SSSR count). The Morgan fingerprint density at radius 3 is 2.35 bits per heavy atom. The van der Waals surface area contributed by atoms with Crippen molar-refractivity contribution in [2.45, 2.75) is 32.6 Å². The number of benzene rings is 2. The third-order valence-electron chi connectivity index (χ3n) is 6.25. The highest BCUT2D eigenvalue weighted by Gasteiger charge is 2.56. The number of para-hydroxylation sites is 2. The van der Waals surface area contributed by atoms with Gasteiger partial charge in [0.2, 0.25) is 5.96 Å². The summed E-state index contributed by atoms with van der Waals surface area (Å²) in [6.45, 7) is 4.19. The summed E-state index contributed by atoms with van der Waals surface area (Å²) in [5.74, 6) is 0.378. The molecule has 0 spiro atoms. The average molecular weight is 416 g/mol. The summed E-state index contributed by atoms with van der Waals surface area (Å²) in [5, 5.41) is 0. The van der Waals surface area contributed by atoms with Gasteiger partial charge in [0.05, 0.1) is 17.9 Å². The maximum Gasteiger partial charge on any atom is 0.328 e. The van der Waals surface area contributed by atoms with Crippen LogP contribution in [0.25, 0.3) is 0 Å². The standard InChI is InChI=1S/C23H24N6O2/c1-14-15(2)29-19-20(25-22(29)28(14)18-12-8-7-11-17(18)24)26(3)23(31)27(21(19)30)13-16-9-5-4-6-10-16/h4-12,19-20H,13,24H2,1-3H3. The molecule has 1 fully saturated rings. The van der Waals surface area contributed by atoms with Crippen LogP contribution in [0.15, 0.2) is 71.0 Å². The van der Waals surface area contributed by atoms with Gasteiger partial charge in [0.15, 0.2) is 12.2 Å². The molecule has 3 aliphatic heterocycles. The third kappa shape index (κ3) is 2.71. The number of guanidine groups is 1. The van der Waals surface area contributed by atoms with Crippen LogP contribution in [-0.2, 0) is 11.3 Å². The van der Waals surface area contributed by atoms with Gasteiger partial charge in [0.1, 0.15) is 0 Å². The highest BCUT2D eigenvalue weighted by atomic mass is 16.2. The van der Waals surface area contributed by atoms with Crippen LogP contribution in [0.5, 0.6) is 0 Å². The molecule has 3 aliphatic rings. The number of fused-ring (bicyclic) bond motifs is 3. The van der Waals surface area contributed by atoms with Crippen LogP contribution in [-0.4, -0.2) is 51.9 Å². The van der Waals surface area contributed by atoms with E-state index < -0.39 is 12.2 Å². The number of amides is 3. The molecule has 158 valence electrons. The van der Waals surface area contributed by atoms with E-state index in [1.54, 1.807) is 11.9 Å². The number of rotatable bonds is 3. The summed E-state index contributed by atoms with van der Waals surface area (Å²) >= 11 is 0. The molecule has 0 aliphatic carbocycles. The van der Waals surface area contributed by atoms with Crippen molar-refractivity contribution in [1.29, 1.82) is 0 Å². The van der Waals surface area contributed by atoms with Crippen LogP contribution in [0.1, 0.15) is 19.4 Å². The highest BCUT2D eigenvalue weighted by molar-refractivity contribution is 6.11. The number of imide groups is 1. The minimum atomic E-state index is -0.605. The van der Waals surface area contributed by atoms with Crippen LogP contribution in [0, 0.1) is 0 Å². The maximum atomic E-state index is 13.6. The number of nitrogen functional groups attached to an aromatic ring is 1. The molecule has 31 heavy (non-hydrogen) atoms. The lowest BCUT2D eigenvalue weighted by molar-refractivity contribution is -0.137. The van der Waals surface area contributed by atoms with E-state index in [9.17, 15) is 9.59 Å². The van der Waals surface area contributed by atoms with Gasteiger partial charge in [-0.1, -0.05) is 42.5 Å². The topological polar surface area (TPSA) is 85.5 Å². The summed E-state index contributed by atoms with van der Waals surface area (Å²) in [6.07, 6.45) is -0.586. The largest absolute Gasteiger partial charge is 0.397 e. The Morgan fingerprint density at radius 2 is 1.65 bits per heavy atom. The molecule has 0 saturated carbocycles. The fraction of sp³-hybridized carbons (Fsp3) is 0.261. The van der Waals surface area contributed by atoms with Crippen LogP contribution < -0.4 is 10.6 Å². The fourth-order valence-corrected chi connectivity index (χ4v) is 4.50. The Labute approximate surface area is 180 Å². The van der Waals surface area contributed by atoms with Crippen molar-refractivity contribution in [3.63, 3.8) is 0 Å². The highest BCUT2D eigenvalue weighted by Crippen LogP contribution is 2.41. The number of urea groups is 1. The molecule has 2 aromatic carbocycles. The number of allylic oxidation sites excluding steroid dienone is 2. The number of hydrogen-bond acceptors (Lipinski definition) is 6. The van der Waals surface area contributed by atoms with Gasteiger partial charge < -0.3 is 10.6 Å². The number of nitrogens with two attached hydrogens (primary N) is 1. The molecule has 2 aromatic rings. The fourth-order valence-electron chi connectivity index (χ4n) is 4.50. The first kappa shape index (κ1) is 19.2. The predicted molar refractivity (Wildman–Crippen MR) is 119 cm³/mol. The first-order chi connectivity index (χ1) is 14.9. The molecule has 8 heteroatoms. The van der Waals surface area contributed by atoms with Crippen LogP contribution in [0.2, 0.25) is 0 Å². The quantitative estimate of drug-likeness (QED) is 0.778. The Bertz CT molecular complexity index is 1140. The first-order valence-corrected chi connectivity index (χ1v) is 10.2. The van der Waals surface area contributed by atoms with Gasteiger partial charge in [-0.05, 0) is 31.5 Å². The van der Waals surface area contributed by atoms with Crippen molar-refractivity contribution in [2.24, 2.45) is 4.99 Å². The molecular weight excluding hydrogens is 392 g/mol. The maximum absolute atomic E-state index is 13.6. The Hall–Kier alpha value is -3.81. The van der Waals surface area contributed by atoms with Crippen LogP contribution in [0.4, 0.5) is 16.2 Å². The molecule has 3 amide bonds. The van der Waals surface area contributed by atoms with E-state index >= 15 is 0 Å². The molecule has 2 N–H and O–H groups in total. The molecule has 1 saturated heterocycles. The summed E-state index contributed by atoms with van der Waals surface area (Å²) < 4.78 is 0. The number of hydrogen-bond donors (Lipinski definition) is 1. The minimum Gasteiger partial charge on any atom is -0.397 e. The number of anilines is 2. The molecule has 3 heterocycles. The van der Waals surface area contributed by atoms with Gasteiger partial charge in [-0.15, -0.1) is 0 Å². The smallest absolute Gasteiger partial charge is 0.328 e. The van der Waals surface area contributed by atoms with Crippen molar-refractivity contribution >= 4 is 29.3 Å². The van der Waals surface area contributed by atoms with E-state index in [1.165, 1.54) is 4.90 Å². The summed E-state index contributed by atoms with van der Waals surface area (Å²) in [7, 11) is 1.70. The number of nitrogens with zero attached hydrogens (tertiary/aromatic N) is 5. The Kier molecular flexibility index (Phi) is 4.25. The van der Waals surface area contributed by atoms with Crippen LogP contribution in [0.3, 0.4) is 0 Å². The molecule has 0 aromatic heterocycles. The molecule has 0 bridgehead atoms. The van der Waals surface area contributed by atoms with Crippen molar-refractivity contribution in [2.75, 3.05) is 17.7 Å². The Morgan fingerprint density at radius 1 is 0.968 bits per heavy atom. The zero-order valence-corrected chi connectivity index (χ0v) is 17.7. The van der Waals surface area contributed by atoms with Gasteiger partial charge in [-0.2, -0.15) is 0 Å². The monoisotopic (exact) mass is 416 g/mol. The van der Waals surface area contributed by atoms with E-state index in [0.717, 1.165) is 22.6 Å². The number of aliphatic imine (C=N–C) groups is 1. The van der Waals surface area contributed by atoms with Gasteiger partial charge in [-0.25, -0.2) is 9.79 Å². The van der Waals surface area contributed by atoms with Gasteiger partial charge in [0, 0.05) is 18.4 Å². The number of likely N-dealkylation sites (N-methyl/N-ethyl adjacent to an activating group) is 1. The van der Waals surface area contributed by atoms with Crippen molar-refractivity contribution < 1.29 is 9.59 Å². The lowest BCUT2D eigenvalue weighted by atomic mass is 10.1. The van der Waals surface area contributed by atoms with E-state index in [-0.39, 0.29) is 18.5 Å². The van der Waals surface area contributed by atoms with Gasteiger partial charge in [-0.3, -0.25) is 19.5 Å². The summed E-state index contributed by atoms with van der Waals surface area (Å²) in [5.41, 5.74) is 10.5. The molecule has 2 unspecified atom stereocenters. The molecule has 8 nitrogen and oxygen atoms in total. The number of carbonyl (C=O) groups excluding carboxylic acids is 2. The zero-order chi connectivity index (χ0) is 21.9. The van der Waals surface area contributed by atoms with E-state index in [1.807, 2.05) is 78.2 Å². The lowest BCUT2D eigenvalue weighted by Gasteiger charge is -2.40. The SMILES string of the molecule is CC1=C(C)N2C(=NC3C2C(=O)N(Cc2ccccc2)C(=O)N3C)N1c1ccccc1N. The van der Waals surface area contributed by atoms with Crippen molar-refractivity contribution in [1.82, 2.24) is 14.7 Å². The summed E-state index contributed by atoms with van der Waals surface area (Å²) in [4.78, 5) is 38.2. The molecular formula is C23H24N6O2. The minimum absolute atomic E-state index is 0.229.